The van der Waals surface area contributed by atoms with Crippen LogP contribution in [0.3, 0.4) is 0 Å². The van der Waals surface area contributed by atoms with Crippen LogP contribution in [0.4, 0.5) is 0 Å². The molecule has 2 aliphatic rings. The van der Waals surface area contributed by atoms with Gasteiger partial charge in [-0.25, -0.2) is 0 Å². The molecule has 0 aromatic heterocycles. The van der Waals surface area contributed by atoms with Gasteiger partial charge in [0.25, 0.3) is 0 Å². The van der Waals surface area contributed by atoms with E-state index in [1.54, 1.807) is 6.08 Å². The molecule has 0 aliphatic carbocycles. The first-order valence-electron chi connectivity index (χ1n) is 6.41. The first-order chi connectivity index (χ1) is 8.65. The van der Waals surface area contributed by atoms with Gasteiger partial charge in [-0.05, 0) is 18.6 Å². The van der Waals surface area contributed by atoms with Gasteiger partial charge in [0.1, 0.15) is 0 Å². The SMILES string of the molecule is C#C/C=C\[C@@H](O)[C@H]1C[C@H]2O[C@@H]([C@@H](Br)CC)C[C@H]2O1. The van der Waals surface area contributed by atoms with E-state index in [0.29, 0.717) is 4.83 Å². The van der Waals surface area contributed by atoms with Crippen LogP contribution in [0.2, 0.25) is 0 Å². The van der Waals surface area contributed by atoms with Crippen molar-refractivity contribution in [2.24, 2.45) is 0 Å². The fourth-order valence-corrected chi connectivity index (χ4v) is 2.94. The van der Waals surface area contributed by atoms with Gasteiger partial charge < -0.3 is 14.6 Å². The van der Waals surface area contributed by atoms with E-state index in [9.17, 15) is 5.11 Å². The average molecular weight is 315 g/mol. The average Bonchev–Trinajstić information content (AvgIpc) is 2.92. The van der Waals surface area contributed by atoms with Crippen LogP contribution < -0.4 is 0 Å². The second kappa shape index (κ2) is 6.21. The number of halogens is 1. The smallest absolute Gasteiger partial charge is 0.0992 e. The van der Waals surface area contributed by atoms with Crippen LogP contribution in [0.25, 0.3) is 0 Å². The molecule has 3 nitrogen and oxygen atoms in total. The molecular formula is C14H19BrO3. The van der Waals surface area contributed by atoms with Crippen LogP contribution in [0.1, 0.15) is 26.2 Å². The normalized spacial score (nSPS) is 38.6. The molecule has 2 aliphatic heterocycles. The third-order valence-electron chi connectivity index (χ3n) is 3.61. The number of fused-ring (bicyclic) bond motifs is 1. The summed E-state index contributed by atoms with van der Waals surface area (Å²) in [6.45, 7) is 2.13. The monoisotopic (exact) mass is 314 g/mol. The van der Waals surface area contributed by atoms with Crippen molar-refractivity contribution in [2.45, 2.75) is 61.5 Å². The number of ether oxygens (including phenoxy) is 2. The molecule has 4 heteroatoms. The Kier molecular flexibility index (Phi) is 4.85. The molecule has 0 saturated carbocycles. The van der Waals surface area contributed by atoms with Gasteiger partial charge in [0.2, 0.25) is 0 Å². The second-order valence-corrected chi connectivity index (χ2v) is 6.01. The lowest BCUT2D eigenvalue weighted by atomic mass is 10.1. The van der Waals surface area contributed by atoms with Crippen LogP contribution in [0.15, 0.2) is 12.2 Å². The summed E-state index contributed by atoms with van der Waals surface area (Å²) in [4.78, 5) is 0.386. The Morgan fingerprint density at radius 3 is 2.61 bits per heavy atom. The maximum absolute atomic E-state index is 9.88. The molecule has 0 radical (unpaired) electrons. The highest BCUT2D eigenvalue weighted by Gasteiger charge is 2.46. The van der Waals surface area contributed by atoms with Crippen LogP contribution in [0.5, 0.6) is 0 Å². The summed E-state index contributed by atoms with van der Waals surface area (Å²) < 4.78 is 11.8. The largest absolute Gasteiger partial charge is 0.386 e. The molecule has 2 saturated heterocycles. The van der Waals surface area contributed by atoms with Crippen LogP contribution in [0, 0.1) is 12.3 Å². The molecule has 0 aromatic carbocycles. The highest BCUT2D eigenvalue weighted by atomic mass is 79.9. The molecule has 2 fully saturated rings. The lowest BCUT2D eigenvalue weighted by molar-refractivity contribution is -0.0160. The van der Waals surface area contributed by atoms with E-state index < -0.39 is 6.10 Å². The van der Waals surface area contributed by atoms with Gasteiger partial charge in [0.05, 0.1) is 30.5 Å². The lowest BCUT2D eigenvalue weighted by Crippen LogP contribution is -2.27. The first kappa shape index (κ1) is 14.1. The number of aliphatic hydroxyl groups is 1. The van der Waals surface area contributed by atoms with E-state index in [1.807, 2.05) is 0 Å². The molecule has 6 atom stereocenters. The second-order valence-electron chi connectivity index (χ2n) is 4.84. The summed E-state index contributed by atoms with van der Waals surface area (Å²) in [6, 6.07) is 0. The quantitative estimate of drug-likeness (QED) is 0.637. The van der Waals surface area contributed by atoms with Crippen molar-refractivity contribution in [3.8, 4) is 12.3 Å². The van der Waals surface area contributed by atoms with E-state index in [2.05, 4.69) is 28.8 Å². The predicted molar refractivity (Wildman–Crippen MR) is 73.5 cm³/mol. The Morgan fingerprint density at radius 2 is 2.00 bits per heavy atom. The number of hydrogen-bond donors (Lipinski definition) is 1. The summed E-state index contributed by atoms with van der Waals surface area (Å²) in [5.74, 6) is 2.37. The minimum atomic E-state index is -0.639. The molecule has 18 heavy (non-hydrogen) atoms. The Balaban J connectivity index is 1.86. The molecule has 100 valence electrons. The Morgan fingerprint density at radius 1 is 1.39 bits per heavy atom. The first-order valence-corrected chi connectivity index (χ1v) is 7.33. The molecule has 2 rings (SSSR count). The topological polar surface area (TPSA) is 38.7 Å². The molecule has 0 aromatic rings. The fourth-order valence-electron chi connectivity index (χ4n) is 2.60. The van der Waals surface area contributed by atoms with Crippen LogP contribution in [-0.2, 0) is 9.47 Å². The van der Waals surface area contributed by atoms with Crippen molar-refractivity contribution < 1.29 is 14.6 Å². The van der Waals surface area contributed by atoms with Crippen molar-refractivity contribution in [3.05, 3.63) is 12.2 Å². The molecule has 0 amide bonds. The third-order valence-corrected chi connectivity index (χ3v) is 4.84. The maximum Gasteiger partial charge on any atom is 0.0992 e. The van der Waals surface area contributed by atoms with Gasteiger partial charge in [-0.1, -0.05) is 28.8 Å². The number of allylic oxidation sites excluding steroid dienone is 1. The standard InChI is InChI=1S/C14H19BrO3/c1-3-5-6-10(16)12-8-14-13(18-12)7-11(17-14)9(15)4-2/h1,5-6,9-14,16H,4,7-8H2,2H3/b6-5-/t9-,10+,11+,12+,13+,14+/m0/s1. The van der Waals surface area contributed by atoms with E-state index in [4.69, 9.17) is 15.9 Å². The lowest BCUT2D eigenvalue weighted by Gasteiger charge is -2.20. The van der Waals surface area contributed by atoms with Gasteiger partial charge in [-0.15, -0.1) is 6.42 Å². The zero-order valence-electron chi connectivity index (χ0n) is 10.5. The van der Waals surface area contributed by atoms with Crippen molar-refractivity contribution in [2.75, 3.05) is 0 Å². The number of alkyl halides is 1. The minimum Gasteiger partial charge on any atom is -0.386 e. The van der Waals surface area contributed by atoms with Crippen molar-refractivity contribution in [1.82, 2.24) is 0 Å². The fraction of sp³-hybridized carbons (Fsp3) is 0.714. The van der Waals surface area contributed by atoms with E-state index in [0.717, 1.165) is 19.3 Å². The van der Waals surface area contributed by atoms with Crippen LogP contribution >= 0.6 is 15.9 Å². The highest BCUT2D eigenvalue weighted by Crippen LogP contribution is 2.38. The molecule has 1 N–H and O–H groups in total. The van der Waals surface area contributed by atoms with Crippen molar-refractivity contribution in [3.63, 3.8) is 0 Å². The maximum atomic E-state index is 9.88. The summed E-state index contributed by atoms with van der Waals surface area (Å²) in [5, 5.41) is 9.88. The molecule has 0 bridgehead atoms. The Hall–Kier alpha value is -0.340. The predicted octanol–water partition coefficient (Wildman–Crippen LogP) is 2.03. The van der Waals surface area contributed by atoms with Crippen molar-refractivity contribution in [1.29, 1.82) is 0 Å². The zero-order chi connectivity index (χ0) is 13.1. The number of hydrogen-bond acceptors (Lipinski definition) is 3. The highest BCUT2D eigenvalue weighted by molar-refractivity contribution is 9.09. The molecule has 2 heterocycles. The van der Waals surface area contributed by atoms with E-state index in [-0.39, 0.29) is 24.4 Å². The Bertz CT molecular complexity index is 335. The molecular weight excluding hydrogens is 296 g/mol. The van der Waals surface area contributed by atoms with Gasteiger partial charge in [-0.3, -0.25) is 0 Å². The van der Waals surface area contributed by atoms with Gasteiger partial charge in [-0.2, -0.15) is 0 Å². The van der Waals surface area contributed by atoms with Gasteiger partial charge in [0.15, 0.2) is 0 Å². The van der Waals surface area contributed by atoms with E-state index in [1.165, 1.54) is 6.08 Å². The number of terminal acetylenes is 1. The van der Waals surface area contributed by atoms with Crippen molar-refractivity contribution >= 4 is 15.9 Å². The summed E-state index contributed by atoms with van der Waals surface area (Å²) in [6.07, 6.45) is 10.5. The summed E-state index contributed by atoms with van der Waals surface area (Å²) >= 11 is 3.63. The van der Waals surface area contributed by atoms with Gasteiger partial charge in [0, 0.05) is 17.7 Å². The number of aliphatic hydroxyl groups excluding tert-OH is 1. The van der Waals surface area contributed by atoms with E-state index >= 15 is 0 Å². The third kappa shape index (κ3) is 2.97. The molecule has 0 unspecified atom stereocenters. The summed E-state index contributed by atoms with van der Waals surface area (Å²) in [5.41, 5.74) is 0. The summed E-state index contributed by atoms with van der Waals surface area (Å²) in [7, 11) is 0. The Labute approximate surface area is 117 Å². The van der Waals surface area contributed by atoms with Crippen LogP contribution in [-0.4, -0.2) is 40.5 Å². The molecule has 0 spiro atoms. The zero-order valence-corrected chi connectivity index (χ0v) is 12.0. The number of rotatable bonds is 4. The van der Waals surface area contributed by atoms with Gasteiger partial charge >= 0.3 is 0 Å². The minimum absolute atomic E-state index is 0.112.